The summed E-state index contributed by atoms with van der Waals surface area (Å²) in [5, 5.41) is 0. The zero-order chi connectivity index (χ0) is 8.81. The Hall–Kier alpha value is -0.830. The van der Waals surface area contributed by atoms with E-state index in [1.165, 1.54) is 0 Å². The van der Waals surface area contributed by atoms with E-state index >= 15 is 0 Å². The third-order valence-electron chi connectivity index (χ3n) is 1.66. The average Bonchev–Trinajstić information content (AvgIpc) is 2.84. The standard InChI is InChI=1S/C9H14O3/c1-2-3-4-9(10)11-6-5-8-7-12-8/h2,8H,1,3-7H2. The molecular formula is C9H14O3. The van der Waals surface area contributed by atoms with Gasteiger partial charge in [-0.25, -0.2) is 0 Å². The topological polar surface area (TPSA) is 38.8 Å². The van der Waals surface area contributed by atoms with Crippen LogP contribution in [-0.4, -0.2) is 25.3 Å². The Kier molecular flexibility index (Phi) is 3.80. The molecule has 1 atom stereocenters. The highest BCUT2D eigenvalue weighted by atomic mass is 16.6. The van der Waals surface area contributed by atoms with Crippen molar-refractivity contribution in [1.29, 1.82) is 0 Å². The first kappa shape index (κ1) is 9.26. The third kappa shape index (κ3) is 4.13. The second-order valence-electron chi connectivity index (χ2n) is 2.79. The van der Waals surface area contributed by atoms with E-state index in [2.05, 4.69) is 6.58 Å². The molecule has 1 heterocycles. The molecule has 0 radical (unpaired) electrons. The van der Waals surface area contributed by atoms with Crippen molar-refractivity contribution in [3.63, 3.8) is 0 Å². The largest absolute Gasteiger partial charge is 0.466 e. The zero-order valence-corrected chi connectivity index (χ0v) is 7.12. The first-order valence-corrected chi connectivity index (χ1v) is 4.21. The van der Waals surface area contributed by atoms with E-state index in [1.807, 2.05) is 0 Å². The van der Waals surface area contributed by atoms with Crippen LogP contribution >= 0.6 is 0 Å². The van der Waals surface area contributed by atoms with Crippen molar-refractivity contribution in [2.75, 3.05) is 13.2 Å². The summed E-state index contributed by atoms with van der Waals surface area (Å²) in [7, 11) is 0. The Balaban J connectivity index is 1.89. The number of esters is 1. The number of allylic oxidation sites excluding steroid dienone is 1. The molecule has 0 aromatic rings. The Morgan fingerprint density at radius 2 is 2.50 bits per heavy atom. The summed E-state index contributed by atoms with van der Waals surface area (Å²) in [6.07, 6.45) is 4.02. The molecule has 1 unspecified atom stereocenters. The number of carbonyl (C=O) groups is 1. The summed E-state index contributed by atoms with van der Waals surface area (Å²) >= 11 is 0. The van der Waals surface area contributed by atoms with E-state index in [0.29, 0.717) is 25.6 Å². The normalized spacial score (nSPS) is 20.2. The fourth-order valence-electron chi connectivity index (χ4n) is 0.831. The van der Waals surface area contributed by atoms with Crippen LogP contribution in [0.5, 0.6) is 0 Å². The Morgan fingerprint density at radius 3 is 3.08 bits per heavy atom. The van der Waals surface area contributed by atoms with Gasteiger partial charge in [-0.1, -0.05) is 6.08 Å². The van der Waals surface area contributed by atoms with Crippen molar-refractivity contribution < 1.29 is 14.3 Å². The number of epoxide rings is 1. The molecule has 0 amide bonds. The van der Waals surface area contributed by atoms with Gasteiger partial charge < -0.3 is 9.47 Å². The summed E-state index contributed by atoms with van der Waals surface area (Å²) in [5.41, 5.74) is 0. The van der Waals surface area contributed by atoms with Crippen molar-refractivity contribution in [2.45, 2.75) is 25.4 Å². The van der Waals surface area contributed by atoms with Gasteiger partial charge in [0.25, 0.3) is 0 Å². The van der Waals surface area contributed by atoms with Crippen LogP contribution in [0.3, 0.4) is 0 Å². The quantitative estimate of drug-likeness (QED) is 0.342. The Morgan fingerprint density at radius 1 is 1.75 bits per heavy atom. The molecule has 3 nitrogen and oxygen atoms in total. The number of carbonyl (C=O) groups excluding carboxylic acids is 1. The van der Waals surface area contributed by atoms with E-state index in [9.17, 15) is 4.79 Å². The highest BCUT2D eigenvalue weighted by Gasteiger charge is 2.22. The second-order valence-corrected chi connectivity index (χ2v) is 2.79. The van der Waals surface area contributed by atoms with Crippen molar-refractivity contribution in [3.8, 4) is 0 Å². The monoisotopic (exact) mass is 170 g/mol. The van der Waals surface area contributed by atoms with Gasteiger partial charge in [0, 0.05) is 12.8 Å². The van der Waals surface area contributed by atoms with Gasteiger partial charge in [-0.2, -0.15) is 0 Å². The fraction of sp³-hybridized carbons (Fsp3) is 0.667. The molecule has 3 heteroatoms. The molecule has 12 heavy (non-hydrogen) atoms. The van der Waals surface area contributed by atoms with Crippen LogP contribution < -0.4 is 0 Å². The Bertz CT molecular complexity index is 161. The predicted octanol–water partition coefficient (Wildman–Crippen LogP) is 1.28. The Labute approximate surface area is 72.4 Å². The van der Waals surface area contributed by atoms with Gasteiger partial charge in [-0.15, -0.1) is 6.58 Å². The van der Waals surface area contributed by atoms with Crippen molar-refractivity contribution in [3.05, 3.63) is 12.7 Å². The van der Waals surface area contributed by atoms with Gasteiger partial charge in [0.2, 0.25) is 0 Å². The highest BCUT2D eigenvalue weighted by molar-refractivity contribution is 5.69. The van der Waals surface area contributed by atoms with Crippen LogP contribution in [0.25, 0.3) is 0 Å². The molecule has 1 saturated heterocycles. The lowest BCUT2D eigenvalue weighted by Gasteiger charge is -2.00. The molecule has 0 saturated carbocycles. The van der Waals surface area contributed by atoms with E-state index in [1.54, 1.807) is 6.08 Å². The summed E-state index contributed by atoms with van der Waals surface area (Å²) in [6.45, 7) is 4.83. The smallest absolute Gasteiger partial charge is 0.306 e. The highest BCUT2D eigenvalue weighted by Crippen LogP contribution is 2.12. The molecular weight excluding hydrogens is 156 g/mol. The predicted molar refractivity (Wildman–Crippen MR) is 44.7 cm³/mol. The van der Waals surface area contributed by atoms with Crippen LogP contribution in [0.15, 0.2) is 12.7 Å². The molecule has 0 aromatic carbocycles. The lowest BCUT2D eigenvalue weighted by molar-refractivity contribution is -0.143. The zero-order valence-electron chi connectivity index (χ0n) is 7.12. The van der Waals surface area contributed by atoms with Crippen molar-refractivity contribution in [1.82, 2.24) is 0 Å². The fourth-order valence-corrected chi connectivity index (χ4v) is 0.831. The van der Waals surface area contributed by atoms with Crippen molar-refractivity contribution >= 4 is 5.97 Å². The molecule has 0 bridgehead atoms. The number of rotatable bonds is 6. The first-order valence-electron chi connectivity index (χ1n) is 4.21. The summed E-state index contributed by atoms with van der Waals surface area (Å²) < 4.78 is 9.89. The van der Waals surface area contributed by atoms with Crippen LogP contribution in [0, 0.1) is 0 Å². The number of ether oxygens (including phenoxy) is 2. The van der Waals surface area contributed by atoms with Crippen LogP contribution in [0.1, 0.15) is 19.3 Å². The maximum Gasteiger partial charge on any atom is 0.306 e. The lowest BCUT2D eigenvalue weighted by atomic mass is 10.3. The number of hydrogen-bond acceptors (Lipinski definition) is 3. The molecule has 1 fully saturated rings. The van der Waals surface area contributed by atoms with Crippen LogP contribution in [0.2, 0.25) is 0 Å². The molecule has 0 N–H and O–H groups in total. The minimum Gasteiger partial charge on any atom is -0.466 e. The van der Waals surface area contributed by atoms with E-state index < -0.39 is 0 Å². The minimum absolute atomic E-state index is 0.143. The number of hydrogen-bond donors (Lipinski definition) is 0. The SMILES string of the molecule is C=CCCC(=O)OCCC1CO1. The van der Waals surface area contributed by atoms with Gasteiger partial charge in [-0.05, 0) is 6.42 Å². The summed E-state index contributed by atoms with van der Waals surface area (Å²) in [5.74, 6) is -0.143. The van der Waals surface area contributed by atoms with E-state index in [0.717, 1.165) is 13.0 Å². The molecule has 0 aromatic heterocycles. The molecule has 1 rings (SSSR count). The summed E-state index contributed by atoms with van der Waals surface area (Å²) in [4.78, 5) is 10.9. The first-order chi connectivity index (χ1) is 5.83. The van der Waals surface area contributed by atoms with E-state index in [-0.39, 0.29) is 5.97 Å². The molecule has 68 valence electrons. The second kappa shape index (κ2) is 4.93. The van der Waals surface area contributed by atoms with Crippen molar-refractivity contribution in [2.24, 2.45) is 0 Å². The minimum atomic E-state index is -0.143. The van der Waals surface area contributed by atoms with Gasteiger partial charge in [0.15, 0.2) is 0 Å². The lowest BCUT2D eigenvalue weighted by Crippen LogP contribution is -2.06. The van der Waals surface area contributed by atoms with Crippen LogP contribution in [0.4, 0.5) is 0 Å². The van der Waals surface area contributed by atoms with Gasteiger partial charge >= 0.3 is 5.97 Å². The van der Waals surface area contributed by atoms with Gasteiger partial charge in [0.1, 0.15) is 0 Å². The maximum absolute atomic E-state index is 10.9. The third-order valence-corrected chi connectivity index (χ3v) is 1.66. The molecule has 0 spiro atoms. The van der Waals surface area contributed by atoms with Gasteiger partial charge in [-0.3, -0.25) is 4.79 Å². The molecule has 1 aliphatic heterocycles. The van der Waals surface area contributed by atoms with Crippen LogP contribution in [-0.2, 0) is 14.3 Å². The molecule has 1 aliphatic rings. The maximum atomic E-state index is 10.9. The van der Waals surface area contributed by atoms with E-state index in [4.69, 9.17) is 9.47 Å². The van der Waals surface area contributed by atoms with Gasteiger partial charge in [0.05, 0.1) is 19.3 Å². The average molecular weight is 170 g/mol. The molecule has 0 aliphatic carbocycles. The summed E-state index contributed by atoms with van der Waals surface area (Å²) in [6, 6.07) is 0.